The van der Waals surface area contributed by atoms with Crippen LogP contribution in [0.5, 0.6) is 0 Å². The van der Waals surface area contributed by atoms with Crippen molar-refractivity contribution in [2.24, 2.45) is 5.73 Å². The van der Waals surface area contributed by atoms with Crippen molar-refractivity contribution in [1.82, 2.24) is 0 Å². The van der Waals surface area contributed by atoms with Crippen molar-refractivity contribution in [2.75, 3.05) is 18.5 Å². The molecule has 94 valence electrons. The number of halogens is 1. The summed E-state index contributed by atoms with van der Waals surface area (Å²) < 4.78 is 17.9. The Hall–Kier alpha value is -1.46. The molecule has 0 aliphatic carbocycles. The summed E-state index contributed by atoms with van der Waals surface area (Å²) in [5.41, 5.74) is 6.02. The van der Waals surface area contributed by atoms with Crippen LogP contribution in [0.4, 0.5) is 10.1 Å². The van der Waals surface area contributed by atoms with Gasteiger partial charge in [-0.3, -0.25) is 4.79 Å². The highest BCUT2D eigenvalue weighted by atomic mass is 19.1. The molecule has 17 heavy (non-hydrogen) atoms. The zero-order chi connectivity index (χ0) is 12.7. The number of hydrogen-bond acceptors (Lipinski definition) is 3. The van der Waals surface area contributed by atoms with Crippen LogP contribution in [0, 0.1) is 5.82 Å². The first-order chi connectivity index (χ1) is 8.15. The molecule has 1 amide bonds. The smallest absolute Gasteiger partial charge is 0.227 e. The molecule has 0 bridgehead atoms. The lowest BCUT2D eigenvalue weighted by Gasteiger charge is -2.14. The van der Waals surface area contributed by atoms with Gasteiger partial charge in [0.25, 0.3) is 0 Å². The molecule has 5 heteroatoms. The number of anilines is 1. The maximum Gasteiger partial charge on any atom is 0.227 e. The third kappa shape index (κ3) is 4.93. The van der Waals surface area contributed by atoms with E-state index in [1.807, 2.05) is 6.92 Å². The van der Waals surface area contributed by atoms with Gasteiger partial charge in [0.15, 0.2) is 0 Å². The van der Waals surface area contributed by atoms with Gasteiger partial charge in [-0.25, -0.2) is 4.39 Å². The second kappa shape index (κ2) is 6.98. The molecule has 0 radical (unpaired) electrons. The third-order valence-corrected chi connectivity index (χ3v) is 2.21. The Morgan fingerprint density at radius 3 is 2.65 bits per heavy atom. The van der Waals surface area contributed by atoms with Crippen LogP contribution in [0.25, 0.3) is 0 Å². The normalized spacial score (nSPS) is 12.2. The van der Waals surface area contributed by atoms with E-state index in [0.29, 0.717) is 18.8 Å². The molecule has 0 aliphatic rings. The highest BCUT2D eigenvalue weighted by molar-refractivity contribution is 5.90. The van der Waals surface area contributed by atoms with Crippen LogP contribution in [0.1, 0.15) is 13.3 Å². The van der Waals surface area contributed by atoms with Gasteiger partial charge in [0.05, 0.1) is 12.5 Å². The fraction of sp³-hybridized carbons (Fsp3) is 0.417. The summed E-state index contributed by atoms with van der Waals surface area (Å²) in [6, 6.07) is 5.59. The highest BCUT2D eigenvalue weighted by Crippen LogP contribution is 2.09. The highest BCUT2D eigenvalue weighted by Gasteiger charge is 2.12. The van der Waals surface area contributed by atoms with Gasteiger partial charge in [-0.15, -0.1) is 0 Å². The lowest BCUT2D eigenvalue weighted by atomic mass is 10.2. The van der Waals surface area contributed by atoms with E-state index < -0.39 is 0 Å². The molecule has 1 unspecified atom stereocenters. The van der Waals surface area contributed by atoms with E-state index in [0.717, 1.165) is 0 Å². The number of ether oxygens (including phenoxy) is 1. The maximum atomic E-state index is 12.6. The summed E-state index contributed by atoms with van der Waals surface area (Å²) in [4.78, 5) is 11.6. The molecule has 1 atom stereocenters. The van der Waals surface area contributed by atoms with Gasteiger partial charge in [-0.2, -0.15) is 0 Å². The van der Waals surface area contributed by atoms with Crippen LogP contribution >= 0.6 is 0 Å². The molecule has 0 saturated heterocycles. The van der Waals surface area contributed by atoms with E-state index in [2.05, 4.69) is 5.32 Å². The van der Waals surface area contributed by atoms with E-state index in [1.165, 1.54) is 24.3 Å². The average molecular weight is 240 g/mol. The van der Waals surface area contributed by atoms with E-state index in [-0.39, 0.29) is 24.2 Å². The molecule has 1 aromatic rings. The Labute approximate surface area is 100.0 Å². The molecule has 1 aromatic carbocycles. The van der Waals surface area contributed by atoms with Gasteiger partial charge in [0, 0.05) is 18.8 Å². The molecule has 0 heterocycles. The summed E-state index contributed by atoms with van der Waals surface area (Å²) in [6.45, 7) is 2.66. The first-order valence-corrected chi connectivity index (χ1v) is 5.52. The first kappa shape index (κ1) is 13.6. The summed E-state index contributed by atoms with van der Waals surface area (Å²) in [5, 5.41) is 2.65. The molecule has 4 nitrogen and oxygen atoms in total. The van der Waals surface area contributed by atoms with Gasteiger partial charge in [-0.1, -0.05) is 0 Å². The molecule has 0 spiro atoms. The predicted octanol–water partition coefficient (Wildman–Crippen LogP) is 1.52. The standard InChI is InChI=1S/C12H17FN2O2/c1-2-17-11(8-14)7-12(16)15-10-5-3-9(13)4-6-10/h3-6,11H,2,7-8,14H2,1H3,(H,15,16). The average Bonchev–Trinajstić information content (AvgIpc) is 2.31. The predicted molar refractivity (Wildman–Crippen MR) is 64.1 cm³/mol. The Morgan fingerprint density at radius 1 is 1.47 bits per heavy atom. The topological polar surface area (TPSA) is 64.3 Å². The monoisotopic (exact) mass is 240 g/mol. The Kier molecular flexibility index (Phi) is 5.59. The molecular weight excluding hydrogens is 223 g/mol. The number of amides is 1. The number of nitrogens with two attached hydrogens (primary N) is 1. The van der Waals surface area contributed by atoms with Gasteiger partial charge >= 0.3 is 0 Å². The number of benzene rings is 1. The zero-order valence-electron chi connectivity index (χ0n) is 9.78. The van der Waals surface area contributed by atoms with Gasteiger partial charge in [-0.05, 0) is 31.2 Å². The lowest BCUT2D eigenvalue weighted by molar-refractivity contribution is -0.118. The van der Waals surface area contributed by atoms with Crippen LogP contribution in [-0.2, 0) is 9.53 Å². The van der Waals surface area contributed by atoms with Crippen LogP contribution in [0.2, 0.25) is 0 Å². The van der Waals surface area contributed by atoms with Crippen molar-refractivity contribution in [3.63, 3.8) is 0 Å². The number of carbonyl (C=O) groups is 1. The van der Waals surface area contributed by atoms with Crippen molar-refractivity contribution < 1.29 is 13.9 Å². The van der Waals surface area contributed by atoms with E-state index in [9.17, 15) is 9.18 Å². The Morgan fingerprint density at radius 2 is 2.12 bits per heavy atom. The molecule has 0 saturated carbocycles. The van der Waals surface area contributed by atoms with Crippen LogP contribution < -0.4 is 11.1 Å². The fourth-order valence-electron chi connectivity index (χ4n) is 1.40. The molecule has 1 rings (SSSR count). The van der Waals surface area contributed by atoms with Gasteiger partial charge in [0.2, 0.25) is 5.91 Å². The third-order valence-electron chi connectivity index (χ3n) is 2.21. The van der Waals surface area contributed by atoms with Crippen molar-refractivity contribution in [3.8, 4) is 0 Å². The quantitative estimate of drug-likeness (QED) is 0.792. The second-order valence-electron chi connectivity index (χ2n) is 3.57. The minimum atomic E-state index is -0.336. The van der Waals surface area contributed by atoms with Crippen molar-refractivity contribution >= 4 is 11.6 Å². The summed E-state index contributed by atoms with van der Waals surface area (Å²) in [5.74, 6) is -0.530. The van der Waals surface area contributed by atoms with Gasteiger partial charge in [0.1, 0.15) is 5.82 Å². The van der Waals surface area contributed by atoms with E-state index in [4.69, 9.17) is 10.5 Å². The number of rotatable bonds is 6. The Bertz CT molecular complexity index is 354. The second-order valence-corrected chi connectivity index (χ2v) is 3.57. The van der Waals surface area contributed by atoms with Crippen LogP contribution in [0.15, 0.2) is 24.3 Å². The van der Waals surface area contributed by atoms with E-state index >= 15 is 0 Å². The molecular formula is C12H17FN2O2. The van der Waals surface area contributed by atoms with Crippen molar-refractivity contribution in [2.45, 2.75) is 19.4 Å². The lowest BCUT2D eigenvalue weighted by Crippen LogP contribution is -2.29. The molecule has 0 aliphatic heterocycles. The number of nitrogens with one attached hydrogen (secondary N) is 1. The number of carbonyl (C=O) groups excluding carboxylic acids is 1. The minimum Gasteiger partial charge on any atom is -0.377 e. The molecule has 3 N–H and O–H groups in total. The Balaban J connectivity index is 2.46. The SMILES string of the molecule is CCOC(CN)CC(=O)Nc1ccc(F)cc1. The van der Waals surface area contributed by atoms with Crippen LogP contribution in [0.3, 0.4) is 0 Å². The van der Waals surface area contributed by atoms with Crippen LogP contribution in [-0.4, -0.2) is 25.2 Å². The summed E-state index contributed by atoms with van der Waals surface area (Å²) >= 11 is 0. The van der Waals surface area contributed by atoms with Crippen molar-refractivity contribution in [1.29, 1.82) is 0 Å². The van der Waals surface area contributed by atoms with E-state index in [1.54, 1.807) is 0 Å². The minimum absolute atomic E-state index is 0.194. The first-order valence-electron chi connectivity index (χ1n) is 5.52. The fourth-order valence-corrected chi connectivity index (χ4v) is 1.40. The number of hydrogen-bond donors (Lipinski definition) is 2. The largest absolute Gasteiger partial charge is 0.377 e. The zero-order valence-corrected chi connectivity index (χ0v) is 9.78. The molecule has 0 fully saturated rings. The van der Waals surface area contributed by atoms with Gasteiger partial charge < -0.3 is 15.8 Å². The van der Waals surface area contributed by atoms with Crippen molar-refractivity contribution in [3.05, 3.63) is 30.1 Å². The summed E-state index contributed by atoms with van der Waals surface area (Å²) in [6.07, 6.45) is -0.0812. The summed E-state index contributed by atoms with van der Waals surface area (Å²) in [7, 11) is 0. The molecule has 0 aromatic heterocycles. The maximum absolute atomic E-state index is 12.6.